The maximum atomic E-state index is 14.0. The molecule has 0 radical (unpaired) electrons. The minimum atomic E-state index is -4.20. The number of benzene rings is 3. The summed E-state index contributed by atoms with van der Waals surface area (Å²) in [7, 11) is -2.71. The molecule has 0 aliphatic carbocycles. The molecule has 3 aromatic rings. The Hall–Kier alpha value is -3.56. The van der Waals surface area contributed by atoms with Crippen molar-refractivity contribution in [2.45, 2.75) is 57.1 Å². The SMILES string of the molecule is CC[C@H](C(=O)N[C@@H](C)CC)N(Cc1ccccc1)C(=O)CN(c1cccc(Cl)c1)S(=O)(=O)c1ccc(OC)cc1. The van der Waals surface area contributed by atoms with Crippen molar-refractivity contribution in [3.63, 3.8) is 0 Å². The minimum Gasteiger partial charge on any atom is -0.497 e. The van der Waals surface area contributed by atoms with Crippen LogP contribution in [0, 0.1) is 0 Å². The van der Waals surface area contributed by atoms with E-state index in [4.69, 9.17) is 16.3 Å². The van der Waals surface area contributed by atoms with Crippen molar-refractivity contribution in [3.05, 3.63) is 89.4 Å². The molecule has 0 saturated heterocycles. The second-order valence-electron chi connectivity index (χ2n) is 9.42. The number of nitrogens with zero attached hydrogens (tertiary/aromatic N) is 2. The van der Waals surface area contributed by atoms with E-state index in [2.05, 4.69) is 5.32 Å². The maximum absolute atomic E-state index is 14.0. The van der Waals surface area contributed by atoms with Crippen LogP contribution in [0.5, 0.6) is 5.75 Å². The highest BCUT2D eigenvalue weighted by Gasteiger charge is 2.34. The molecule has 0 saturated carbocycles. The van der Waals surface area contributed by atoms with Gasteiger partial charge in [-0.25, -0.2) is 8.42 Å². The van der Waals surface area contributed by atoms with Gasteiger partial charge in [-0.2, -0.15) is 0 Å². The monoisotopic (exact) mass is 585 g/mol. The van der Waals surface area contributed by atoms with Crippen molar-refractivity contribution in [3.8, 4) is 5.75 Å². The summed E-state index contributed by atoms with van der Waals surface area (Å²) in [6.07, 6.45) is 1.08. The summed E-state index contributed by atoms with van der Waals surface area (Å²) in [5, 5.41) is 3.29. The molecule has 10 heteroatoms. The van der Waals surface area contributed by atoms with Gasteiger partial charge in [-0.05, 0) is 67.8 Å². The Morgan fingerprint density at radius 2 is 1.62 bits per heavy atom. The highest BCUT2D eigenvalue weighted by atomic mass is 35.5. The first-order chi connectivity index (χ1) is 19.1. The largest absolute Gasteiger partial charge is 0.497 e. The predicted octanol–water partition coefficient (Wildman–Crippen LogP) is 5.27. The average Bonchev–Trinajstić information content (AvgIpc) is 2.96. The smallest absolute Gasteiger partial charge is 0.264 e. The molecule has 3 aromatic carbocycles. The number of hydrogen-bond acceptors (Lipinski definition) is 5. The molecular formula is C30H36ClN3O5S. The van der Waals surface area contributed by atoms with Crippen LogP contribution >= 0.6 is 11.6 Å². The molecule has 0 aliphatic rings. The van der Waals surface area contributed by atoms with Crippen LogP contribution in [-0.4, -0.2) is 50.9 Å². The summed E-state index contributed by atoms with van der Waals surface area (Å²) in [4.78, 5) is 28.8. The van der Waals surface area contributed by atoms with Gasteiger partial charge < -0.3 is 15.0 Å². The Bertz CT molecular complexity index is 1380. The fourth-order valence-electron chi connectivity index (χ4n) is 4.18. The van der Waals surface area contributed by atoms with Gasteiger partial charge in [0.2, 0.25) is 11.8 Å². The number of anilines is 1. The van der Waals surface area contributed by atoms with E-state index in [1.165, 1.54) is 30.2 Å². The van der Waals surface area contributed by atoms with Gasteiger partial charge in [-0.1, -0.05) is 61.8 Å². The number of carbonyl (C=O) groups is 2. The third-order valence-electron chi connectivity index (χ3n) is 6.61. The molecule has 2 amide bonds. The number of rotatable bonds is 13. The minimum absolute atomic E-state index is 0.0164. The number of ether oxygens (including phenoxy) is 1. The van der Waals surface area contributed by atoms with E-state index in [0.717, 1.165) is 16.3 Å². The van der Waals surface area contributed by atoms with Gasteiger partial charge in [0.05, 0.1) is 17.7 Å². The van der Waals surface area contributed by atoms with Crippen LogP contribution in [0.15, 0.2) is 83.8 Å². The summed E-state index contributed by atoms with van der Waals surface area (Å²) in [5.74, 6) is -0.308. The maximum Gasteiger partial charge on any atom is 0.264 e. The van der Waals surface area contributed by atoms with Crippen LogP contribution < -0.4 is 14.4 Å². The molecule has 0 aromatic heterocycles. The number of halogens is 1. The van der Waals surface area contributed by atoms with Crippen molar-refractivity contribution in [1.29, 1.82) is 0 Å². The number of amides is 2. The van der Waals surface area contributed by atoms with Gasteiger partial charge in [0.1, 0.15) is 18.3 Å². The Morgan fingerprint density at radius 1 is 0.950 bits per heavy atom. The van der Waals surface area contributed by atoms with Crippen LogP contribution in [0.4, 0.5) is 5.69 Å². The Morgan fingerprint density at radius 3 is 2.20 bits per heavy atom. The lowest BCUT2D eigenvalue weighted by atomic mass is 10.1. The zero-order valence-corrected chi connectivity index (χ0v) is 24.8. The van der Waals surface area contributed by atoms with Crippen LogP contribution in [-0.2, 0) is 26.2 Å². The lowest BCUT2D eigenvalue weighted by Crippen LogP contribution is -2.53. The lowest BCUT2D eigenvalue weighted by Gasteiger charge is -2.33. The summed E-state index contributed by atoms with van der Waals surface area (Å²) in [6.45, 7) is 5.30. The topological polar surface area (TPSA) is 96.0 Å². The van der Waals surface area contributed by atoms with Crippen LogP contribution in [0.3, 0.4) is 0 Å². The van der Waals surface area contributed by atoms with Crippen LogP contribution in [0.25, 0.3) is 0 Å². The van der Waals surface area contributed by atoms with Crippen molar-refractivity contribution in [2.75, 3.05) is 18.0 Å². The second-order valence-corrected chi connectivity index (χ2v) is 11.7. The Labute approximate surface area is 241 Å². The van der Waals surface area contributed by atoms with Crippen molar-refractivity contribution < 1.29 is 22.7 Å². The first kappa shape index (κ1) is 31.0. The fraction of sp³-hybridized carbons (Fsp3) is 0.333. The molecule has 214 valence electrons. The molecule has 0 fully saturated rings. The van der Waals surface area contributed by atoms with Crippen molar-refractivity contribution in [1.82, 2.24) is 10.2 Å². The molecule has 0 aliphatic heterocycles. The Kier molecular flexibility index (Phi) is 11.0. The van der Waals surface area contributed by atoms with E-state index < -0.39 is 28.5 Å². The van der Waals surface area contributed by atoms with Crippen LogP contribution in [0.2, 0.25) is 5.02 Å². The number of carbonyl (C=O) groups excluding carboxylic acids is 2. The zero-order valence-electron chi connectivity index (χ0n) is 23.2. The second kappa shape index (κ2) is 14.2. The molecule has 0 spiro atoms. The standard InChI is InChI=1S/C30H36ClN3O5S/c1-5-22(3)32-30(36)28(6-2)33(20-23-11-8-7-9-12-23)29(35)21-34(25-14-10-13-24(31)19-25)40(37,38)27-17-15-26(39-4)16-18-27/h7-19,22,28H,5-6,20-21H2,1-4H3,(H,32,36)/t22-,28+/m0/s1. The third kappa shape index (κ3) is 7.76. The molecule has 0 unspecified atom stereocenters. The van der Waals surface area contributed by atoms with Gasteiger partial charge in [-0.15, -0.1) is 0 Å². The first-order valence-electron chi connectivity index (χ1n) is 13.2. The summed E-state index contributed by atoms with van der Waals surface area (Å²) in [6, 6.07) is 20.7. The molecular weight excluding hydrogens is 550 g/mol. The van der Waals surface area contributed by atoms with Gasteiger partial charge >= 0.3 is 0 Å². The van der Waals surface area contributed by atoms with Gasteiger partial charge in [0.25, 0.3) is 10.0 Å². The molecule has 8 nitrogen and oxygen atoms in total. The molecule has 0 bridgehead atoms. The lowest BCUT2D eigenvalue weighted by molar-refractivity contribution is -0.140. The van der Waals surface area contributed by atoms with E-state index in [0.29, 0.717) is 17.2 Å². The average molecular weight is 586 g/mol. The van der Waals surface area contributed by atoms with E-state index in [9.17, 15) is 18.0 Å². The van der Waals surface area contributed by atoms with Gasteiger partial charge in [0.15, 0.2) is 0 Å². The number of nitrogens with one attached hydrogen (secondary N) is 1. The molecule has 0 heterocycles. The van der Waals surface area contributed by atoms with Gasteiger partial charge in [-0.3, -0.25) is 13.9 Å². The van der Waals surface area contributed by atoms with Crippen LogP contribution in [0.1, 0.15) is 39.2 Å². The highest BCUT2D eigenvalue weighted by molar-refractivity contribution is 7.92. The van der Waals surface area contributed by atoms with Gasteiger partial charge in [0, 0.05) is 17.6 Å². The highest BCUT2D eigenvalue weighted by Crippen LogP contribution is 2.28. The fourth-order valence-corrected chi connectivity index (χ4v) is 5.77. The predicted molar refractivity (Wildman–Crippen MR) is 158 cm³/mol. The summed E-state index contributed by atoms with van der Waals surface area (Å²) < 4.78 is 34.0. The quantitative estimate of drug-likeness (QED) is 0.295. The molecule has 3 rings (SSSR count). The number of hydrogen-bond donors (Lipinski definition) is 1. The normalized spacial score (nSPS) is 12.7. The van der Waals surface area contributed by atoms with Crippen molar-refractivity contribution >= 4 is 39.1 Å². The molecule has 1 N–H and O–H groups in total. The third-order valence-corrected chi connectivity index (χ3v) is 8.63. The number of methoxy groups -OCH3 is 1. The van der Waals surface area contributed by atoms with E-state index >= 15 is 0 Å². The van der Waals surface area contributed by atoms with E-state index in [1.807, 2.05) is 51.1 Å². The van der Waals surface area contributed by atoms with E-state index in [-0.39, 0.29) is 29.1 Å². The molecule has 40 heavy (non-hydrogen) atoms. The summed E-state index contributed by atoms with van der Waals surface area (Å²) >= 11 is 6.22. The summed E-state index contributed by atoms with van der Waals surface area (Å²) in [5.41, 5.74) is 1.05. The van der Waals surface area contributed by atoms with E-state index in [1.54, 1.807) is 30.3 Å². The molecule has 2 atom stereocenters. The van der Waals surface area contributed by atoms with Crippen molar-refractivity contribution in [2.24, 2.45) is 0 Å². The first-order valence-corrected chi connectivity index (χ1v) is 15.0. The zero-order chi connectivity index (χ0) is 29.3. The Balaban J connectivity index is 2.05. The number of sulfonamides is 1.